The molecule has 0 aromatic heterocycles. The summed E-state index contributed by atoms with van der Waals surface area (Å²) in [6.07, 6.45) is 1.07. The van der Waals surface area contributed by atoms with Gasteiger partial charge in [0.05, 0.1) is 6.10 Å². The van der Waals surface area contributed by atoms with Gasteiger partial charge in [-0.3, -0.25) is 0 Å². The Balaban J connectivity index is 2.32. The van der Waals surface area contributed by atoms with Crippen molar-refractivity contribution in [3.63, 3.8) is 0 Å². The van der Waals surface area contributed by atoms with E-state index >= 15 is 0 Å². The van der Waals surface area contributed by atoms with Crippen molar-refractivity contribution in [2.45, 2.75) is 24.9 Å². The number of rotatable bonds is 0. The van der Waals surface area contributed by atoms with Crippen molar-refractivity contribution in [3.8, 4) is 0 Å². The Hall–Kier alpha value is 0.270. The highest BCUT2D eigenvalue weighted by Gasteiger charge is 2.17. The summed E-state index contributed by atoms with van der Waals surface area (Å²) in [6.45, 7) is 2.70. The fourth-order valence-electron chi connectivity index (χ4n) is 0.750. The van der Waals surface area contributed by atoms with Crippen LogP contribution in [0.3, 0.4) is 0 Å². The number of hydrogen-bond acceptors (Lipinski definition) is 3. The van der Waals surface area contributed by atoms with E-state index in [0.29, 0.717) is 0 Å². The van der Waals surface area contributed by atoms with Crippen LogP contribution >= 0.6 is 11.8 Å². The highest BCUT2D eigenvalue weighted by molar-refractivity contribution is 7.99. The molecule has 1 heterocycles. The second-order valence-electron chi connectivity index (χ2n) is 2.19. The van der Waals surface area contributed by atoms with E-state index in [9.17, 15) is 5.11 Å². The van der Waals surface area contributed by atoms with Gasteiger partial charge < -0.3 is 9.84 Å². The topological polar surface area (TPSA) is 29.5 Å². The van der Waals surface area contributed by atoms with E-state index < -0.39 is 0 Å². The third kappa shape index (κ3) is 2.16. The molecule has 1 saturated heterocycles. The molecule has 1 aliphatic heterocycles. The number of aliphatic hydroxyl groups excluding tert-OH is 1. The molecule has 0 amide bonds. The van der Waals surface area contributed by atoms with Gasteiger partial charge in [-0.2, -0.15) is 0 Å². The second kappa shape index (κ2) is 3.44. The Kier molecular flexibility index (Phi) is 2.82. The van der Waals surface area contributed by atoms with E-state index in [1.54, 1.807) is 11.8 Å². The van der Waals surface area contributed by atoms with Crippen molar-refractivity contribution in [2.75, 3.05) is 12.4 Å². The largest absolute Gasteiger partial charge is 0.380 e. The molecular formula is C6H12O2S. The number of aliphatic hydroxyl groups is 1. The lowest BCUT2D eigenvalue weighted by Crippen LogP contribution is -2.20. The molecule has 1 N–H and O–H groups in total. The second-order valence-corrected chi connectivity index (χ2v) is 3.42. The zero-order valence-electron chi connectivity index (χ0n) is 5.54. The fourth-order valence-corrected chi connectivity index (χ4v) is 1.63. The number of thioether (sulfide) groups is 1. The average Bonchev–Trinajstić information content (AvgIpc) is 1.99. The third-order valence-electron chi connectivity index (χ3n) is 1.36. The molecule has 3 heteroatoms. The summed E-state index contributed by atoms with van der Waals surface area (Å²) in [5.74, 6) is 1.02. The molecule has 0 saturated carbocycles. The molecule has 2 atom stereocenters. The van der Waals surface area contributed by atoms with Gasteiger partial charge in [0.1, 0.15) is 5.44 Å². The molecule has 1 rings (SSSR count). The highest BCUT2D eigenvalue weighted by Crippen LogP contribution is 2.18. The minimum absolute atomic E-state index is 0.0116. The first kappa shape index (κ1) is 7.38. The van der Waals surface area contributed by atoms with E-state index in [1.165, 1.54) is 0 Å². The van der Waals surface area contributed by atoms with Gasteiger partial charge in [0.2, 0.25) is 0 Å². The summed E-state index contributed by atoms with van der Waals surface area (Å²) in [6, 6.07) is 0. The van der Waals surface area contributed by atoms with Crippen molar-refractivity contribution in [3.05, 3.63) is 0 Å². The summed E-state index contributed by atoms with van der Waals surface area (Å²) < 4.78 is 5.24. The van der Waals surface area contributed by atoms with Crippen molar-refractivity contribution in [1.29, 1.82) is 0 Å². The summed E-state index contributed by atoms with van der Waals surface area (Å²) in [4.78, 5) is 0. The van der Waals surface area contributed by atoms with E-state index in [4.69, 9.17) is 4.74 Å². The van der Waals surface area contributed by atoms with Crippen molar-refractivity contribution >= 4 is 11.8 Å². The molecule has 0 bridgehead atoms. The normalized spacial score (nSPS) is 38.0. The van der Waals surface area contributed by atoms with Gasteiger partial charge in [-0.15, -0.1) is 11.8 Å². The van der Waals surface area contributed by atoms with Crippen LogP contribution in [0, 0.1) is 0 Å². The molecule has 0 aromatic rings. The molecule has 54 valence electrons. The van der Waals surface area contributed by atoms with Crippen LogP contribution in [0.1, 0.15) is 13.3 Å². The Morgan fingerprint density at radius 2 is 2.44 bits per heavy atom. The van der Waals surface area contributed by atoms with E-state index in [2.05, 4.69) is 0 Å². The Bertz CT molecular complexity index is 77.1. The van der Waals surface area contributed by atoms with Crippen LogP contribution in [0.25, 0.3) is 0 Å². The first-order valence-corrected chi connectivity index (χ1v) is 4.27. The smallest absolute Gasteiger partial charge is 0.125 e. The van der Waals surface area contributed by atoms with Crippen LogP contribution < -0.4 is 0 Å². The Morgan fingerprint density at radius 1 is 1.67 bits per heavy atom. The maximum atomic E-state index is 9.20. The Labute approximate surface area is 59.6 Å². The predicted molar refractivity (Wildman–Crippen MR) is 38.5 cm³/mol. The fraction of sp³-hybridized carbons (Fsp3) is 1.00. The average molecular weight is 148 g/mol. The van der Waals surface area contributed by atoms with Gasteiger partial charge in [0, 0.05) is 6.61 Å². The van der Waals surface area contributed by atoms with Crippen LogP contribution in [0.2, 0.25) is 0 Å². The van der Waals surface area contributed by atoms with Crippen LogP contribution in [-0.4, -0.2) is 29.0 Å². The molecule has 1 fully saturated rings. The van der Waals surface area contributed by atoms with Crippen LogP contribution in [-0.2, 0) is 4.74 Å². The molecular weight excluding hydrogens is 136 g/mol. The molecule has 9 heavy (non-hydrogen) atoms. The summed E-state index contributed by atoms with van der Waals surface area (Å²) in [7, 11) is 0. The SMILES string of the molecule is CC1OCCCSC1O. The molecule has 2 nitrogen and oxygen atoms in total. The van der Waals surface area contributed by atoms with Crippen LogP contribution in [0.5, 0.6) is 0 Å². The van der Waals surface area contributed by atoms with Gasteiger partial charge in [-0.25, -0.2) is 0 Å². The van der Waals surface area contributed by atoms with Gasteiger partial charge in [-0.1, -0.05) is 0 Å². The summed E-state index contributed by atoms with van der Waals surface area (Å²) in [5.41, 5.74) is -0.313. The first-order chi connectivity index (χ1) is 4.30. The highest BCUT2D eigenvalue weighted by atomic mass is 32.2. The van der Waals surface area contributed by atoms with Crippen molar-refractivity contribution < 1.29 is 9.84 Å². The van der Waals surface area contributed by atoms with E-state index in [1.807, 2.05) is 6.92 Å². The van der Waals surface area contributed by atoms with Gasteiger partial charge in [0.15, 0.2) is 0 Å². The van der Waals surface area contributed by atoms with E-state index in [-0.39, 0.29) is 11.5 Å². The first-order valence-electron chi connectivity index (χ1n) is 3.22. The van der Waals surface area contributed by atoms with Gasteiger partial charge in [0.25, 0.3) is 0 Å². The summed E-state index contributed by atoms with van der Waals surface area (Å²) in [5, 5.41) is 9.20. The van der Waals surface area contributed by atoms with Crippen molar-refractivity contribution in [1.82, 2.24) is 0 Å². The number of ether oxygens (including phenoxy) is 1. The molecule has 2 unspecified atom stereocenters. The van der Waals surface area contributed by atoms with Gasteiger partial charge in [-0.05, 0) is 19.1 Å². The predicted octanol–water partition coefficient (Wildman–Crippen LogP) is 0.847. The molecule has 0 radical (unpaired) electrons. The molecule has 0 aromatic carbocycles. The monoisotopic (exact) mass is 148 g/mol. The maximum absolute atomic E-state index is 9.20. The van der Waals surface area contributed by atoms with Gasteiger partial charge >= 0.3 is 0 Å². The number of hydrogen-bond donors (Lipinski definition) is 1. The Morgan fingerprint density at radius 3 is 3.22 bits per heavy atom. The van der Waals surface area contributed by atoms with Crippen LogP contribution in [0.15, 0.2) is 0 Å². The molecule has 0 spiro atoms. The molecule has 0 aliphatic carbocycles. The lowest BCUT2D eigenvalue weighted by molar-refractivity contribution is 0.0158. The lowest BCUT2D eigenvalue weighted by Gasteiger charge is -2.13. The maximum Gasteiger partial charge on any atom is 0.125 e. The lowest BCUT2D eigenvalue weighted by atomic mass is 10.4. The zero-order valence-corrected chi connectivity index (χ0v) is 6.36. The van der Waals surface area contributed by atoms with E-state index in [0.717, 1.165) is 18.8 Å². The minimum Gasteiger partial charge on any atom is -0.380 e. The quantitative estimate of drug-likeness (QED) is 0.552. The summed E-state index contributed by atoms with van der Waals surface area (Å²) >= 11 is 1.58. The third-order valence-corrected chi connectivity index (χ3v) is 2.61. The minimum atomic E-state index is -0.313. The molecule has 1 aliphatic rings. The van der Waals surface area contributed by atoms with Crippen LogP contribution in [0.4, 0.5) is 0 Å². The zero-order chi connectivity index (χ0) is 6.69. The van der Waals surface area contributed by atoms with Crippen molar-refractivity contribution in [2.24, 2.45) is 0 Å². The standard InChI is InChI=1S/C6H12O2S/c1-5-6(7)9-4-2-3-8-5/h5-7H,2-4H2,1H3.